The van der Waals surface area contributed by atoms with E-state index in [1.165, 1.54) is 10.8 Å². The van der Waals surface area contributed by atoms with E-state index in [2.05, 4.69) is 33.6 Å². The van der Waals surface area contributed by atoms with E-state index >= 15 is 0 Å². The number of anilines is 1. The van der Waals surface area contributed by atoms with Gasteiger partial charge in [0.05, 0.1) is 20.8 Å². The number of aryl methyl sites for hydroxylation is 1. The fourth-order valence-corrected chi connectivity index (χ4v) is 4.13. The number of hydrogen-bond acceptors (Lipinski definition) is 6. The highest BCUT2D eigenvalue weighted by molar-refractivity contribution is 7.18. The van der Waals surface area contributed by atoms with Crippen LogP contribution in [0.25, 0.3) is 10.2 Å². The standard InChI is InChI=1S/C21H27N5OS/c1-4-17(21(22)27)18(26-15-7-9-23-10-8-15)11-13(2)24-16-5-6-20-19(12-16)25-14(3)28-20/h4-6,11-12,15,23-24,26H,1,7-10H2,2-3H3,(H2,22,27)/b13-11+,18-17-. The lowest BCUT2D eigenvalue weighted by molar-refractivity contribution is -0.114. The number of nitrogens with two attached hydrogens (primary N) is 1. The van der Waals surface area contributed by atoms with Gasteiger partial charge in [0.1, 0.15) is 0 Å². The van der Waals surface area contributed by atoms with Crippen molar-refractivity contribution in [3.63, 3.8) is 0 Å². The second-order valence-electron chi connectivity index (χ2n) is 6.93. The van der Waals surface area contributed by atoms with Crippen molar-refractivity contribution >= 4 is 33.1 Å². The van der Waals surface area contributed by atoms with Crippen molar-refractivity contribution in [1.82, 2.24) is 15.6 Å². The Labute approximate surface area is 169 Å². The van der Waals surface area contributed by atoms with Crippen molar-refractivity contribution in [2.75, 3.05) is 18.4 Å². The first-order valence-electron chi connectivity index (χ1n) is 9.42. The molecule has 148 valence electrons. The molecule has 0 atom stereocenters. The largest absolute Gasteiger partial charge is 0.382 e. The van der Waals surface area contributed by atoms with E-state index in [1.54, 1.807) is 11.3 Å². The molecule has 6 nitrogen and oxygen atoms in total. The van der Waals surface area contributed by atoms with Gasteiger partial charge >= 0.3 is 0 Å². The Balaban J connectivity index is 1.84. The van der Waals surface area contributed by atoms with Crippen LogP contribution in [0, 0.1) is 6.92 Å². The first-order valence-corrected chi connectivity index (χ1v) is 10.2. The average Bonchev–Trinajstić information content (AvgIpc) is 3.02. The minimum atomic E-state index is -0.491. The number of nitrogens with zero attached hydrogens (tertiary/aromatic N) is 1. The van der Waals surface area contributed by atoms with E-state index < -0.39 is 5.91 Å². The van der Waals surface area contributed by atoms with Gasteiger partial charge in [-0.2, -0.15) is 0 Å². The minimum absolute atomic E-state index is 0.295. The van der Waals surface area contributed by atoms with E-state index in [0.717, 1.165) is 47.8 Å². The molecule has 1 aromatic heterocycles. The van der Waals surface area contributed by atoms with Crippen molar-refractivity contribution < 1.29 is 4.79 Å². The molecule has 1 amide bonds. The first-order chi connectivity index (χ1) is 13.5. The number of hydrogen-bond donors (Lipinski definition) is 4. The molecule has 1 aliphatic rings. The minimum Gasteiger partial charge on any atom is -0.382 e. The Morgan fingerprint density at radius 3 is 2.82 bits per heavy atom. The van der Waals surface area contributed by atoms with E-state index in [0.29, 0.717) is 17.3 Å². The maximum Gasteiger partial charge on any atom is 0.250 e. The van der Waals surface area contributed by atoms with Crippen LogP contribution in [-0.4, -0.2) is 30.0 Å². The number of primary amides is 1. The number of aromatic nitrogens is 1. The van der Waals surface area contributed by atoms with Gasteiger partial charge in [-0.15, -0.1) is 11.3 Å². The Bertz CT molecular complexity index is 937. The van der Waals surface area contributed by atoms with Crippen LogP contribution in [0.4, 0.5) is 5.69 Å². The molecule has 5 N–H and O–H groups in total. The van der Waals surface area contributed by atoms with E-state index in [-0.39, 0.29) is 0 Å². The smallest absolute Gasteiger partial charge is 0.250 e. The number of nitrogens with one attached hydrogen (secondary N) is 3. The number of thiazole rings is 1. The van der Waals surface area contributed by atoms with Crippen molar-refractivity contribution in [2.24, 2.45) is 5.73 Å². The first kappa shape index (κ1) is 20.1. The Kier molecular flexibility index (Phi) is 6.49. The maximum atomic E-state index is 11.9. The molecule has 2 heterocycles. The number of amides is 1. The molecule has 1 aliphatic heterocycles. The highest BCUT2D eigenvalue weighted by Crippen LogP contribution is 2.25. The Morgan fingerprint density at radius 1 is 1.39 bits per heavy atom. The summed E-state index contributed by atoms with van der Waals surface area (Å²) in [6.45, 7) is 9.64. The van der Waals surface area contributed by atoms with Crippen molar-refractivity contribution in [3.8, 4) is 0 Å². The quantitative estimate of drug-likeness (QED) is 0.425. The van der Waals surface area contributed by atoms with E-state index in [4.69, 9.17) is 5.73 Å². The highest BCUT2D eigenvalue weighted by atomic mass is 32.1. The molecule has 0 radical (unpaired) electrons. The fourth-order valence-electron chi connectivity index (χ4n) is 3.33. The van der Waals surface area contributed by atoms with Crippen LogP contribution in [0.15, 0.2) is 53.9 Å². The molecular weight excluding hydrogens is 370 g/mol. The van der Waals surface area contributed by atoms with Crippen LogP contribution in [0.1, 0.15) is 24.8 Å². The zero-order valence-electron chi connectivity index (χ0n) is 16.3. The van der Waals surface area contributed by atoms with Crippen LogP contribution < -0.4 is 21.7 Å². The summed E-state index contributed by atoms with van der Waals surface area (Å²) < 4.78 is 1.17. The van der Waals surface area contributed by atoms with Crippen LogP contribution in [0.3, 0.4) is 0 Å². The predicted octanol–water partition coefficient (Wildman–Crippen LogP) is 3.19. The van der Waals surface area contributed by atoms with Gasteiger partial charge in [-0.05, 0) is 64.1 Å². The monoisotopic (exact) mass is 397 g/mol. The molecular formula is C21H27N5OS. The molecule has 7 heteroatoms. The number of fused-ring (bicyclic) bond motifs is 1. The lowest BCUT2D eigenvalue weighted by Crippen LogP contribution is -2.40. The summed E-state index contributed by atoms with van der Waals surface area (Å²) in [6.07, 6.45) is 5.42. The summed E-state index contributed by atoms with van der Waals surface area (Å²) in [5.74, 6) is -0.491. The number of benzene rings is 1. The van der Waals surface area contributed by atoms with Gasteiger partial charge in [0, 0.05) is 23.1 Å². The summed E-state index contributed by atoms with van der Waals surface area (Å²) in [4.78, 5) is 16.4. The molecule has 1 aromatic carbocycles. The third kappa shape index (κ3) is 4.99. The lowest BCUT2D eigenvalue weighted by atomic mass is 10.0. The second kappa shape index (κ2) is 9.03. The molecule has 2 aromatic rings. The van der Waals surface area contributed by atoms with Crippen molar-refractivity contribution in [1.29, 1.82) is 0 Å². The summed E-state index contributed by atoms with van der Waals surface area (Å²) in [7, 11) is 0. The molecule has 0 unspecified atom stereocenters. The van der Waals surface area contributed by atoms with Crippen LogP contribution >= 0.6 is 11.3 Å². The molecule has 0 bridgehead atoms. The van der Waals surface area contributed by atoms with Gasteiger partial charge < -0.3 is 21.7 Å². The third-order valence-corrected chi connectivity index (χ3v) is 5.61. The predicted molar refractivity (Wildman–Crippen MR) is 117 cm³/mol. The van der Waals surface area contributed by atoms with Gasteiger partial charge in [0.2, 0.25) is 0 Å². The lowest BCUT2D eigenvalue weighted by Gasteiger charge is -2.26. The normalized spacial score (nSPS) is 16.6. The Morgan fingerprint density at radius 2 is 2.14 bits per heavy atom. The molecule has 0 aliphatic carbocycles. The van der Waals surface area contributed by atoms with Gasteiger partial charge in [-0.3, -0.25) is 4.79 Å². The molecule has 3 rings (SSSR count). The third-order valence-electron chi connectivity index (χ3n) is 4.66. The topological polar surface area (TPSA) is 92.1 Å². The molecule has 1 saturated heterocycles. The van der Waals surface area contributed by atoms with Gasteiger partial charge in [0.15, 0.2) is 0 Å². The summed E-state index contributed by atoms with van der Waals surface area (Å²) >= 11 is 1.68. The van der Waals surface area contributed by atoms with Crippen molar-refractivity contribution in [2.45, 2.75) is 32.7 Å². The van der Waals surface area contributed by atoms with E-state index in [9.17, 15) is 4.79 Å². The number of carbonyl (C=O) groups excluding carboxylic acids is 1. The summed E-state index contributed by atoms with van der Waals surface area (Å²) in [6, 6.07) is 6.42. The number of piperidine rings is 1. The number of allylic oxidation sites excluding steroid dienone is 2. The summed E-state index contributed by atoms with van der Waals surface area (Å²) in [5.41, 5.74) is 9.48. The zero-order chi connectivity index (χ0) is 20.1. The number of carbonyl (C=O) groups is 1. The molecule has 0 saturated carbocycles. The molecule has 28 heavy (non-hydrogen) atoms. The van der Waals surface area contributed by atoms with Gasteiger partial charge in [0.25, 0.3) is 5.91 Å². The fraction of sp³-hybridized carbons (Fsp3) is 0.333. The Hall–Kier alpha value is -2.64. The molecule has 1 fully saturated rings. The maximum absolute atomic E-state index is 11.9. The number of rotatable bonds is 7. The average molecular weight is 398 g/mol. The van der Waals surface area contributed by atoms with Crippen LogP contribution in [0.2, 0.25) is 0 Å². The second-order valence-corrected chi connectivity index (χ2v) is 8.17. The van der Waals surface area contributed by atoms with Crippen molar-refractivity contribution in [3.05, 3.63) is 58.9 Å². The highest BCUT2D eigenvalue weighted by Gasteiger charge is 2.16. The SMILES string of the molecule is C=C/C(C(N)=O)=C(\C=C(/C)Nc1ccc2sc(C)nc2c1)NC1CCNCC1. The zero-order valence-corrected chi connectivity index (χ0v) is 17.2. The van der Waals surface area contributed by atoms with Gasteiger partial charge in [-0.25, -0.2) is 4.98 Å². The summed E-state index contributed by atoms with van der Waals surface area (Å²) in [5, 5.41) is 11.3. The van der Waals surface area contributed by atoms with Crippen LogP contribution in [0.5, 0.6) is 0 Å². The van der Waals surface area contributed by atoms with Gasteiger partial charge in [-0.1, -0.05) is 12.7 Å². The molecule has 0 spiro atoms. The van der Waals surface area contributed by atoms with E-state index in [1.807, 2.05) is 32.1 Å². The van der Waals surface area contributed by atoms with Crippen LogP contribution in [-0.2, 0) is 4.79 Å².